The number of hydrogen-bond donors (Lipinski definition) is 2. The maximum Gasteiger partial charge on any atom is 0.307 e. The number of rotatable bonds is 12. The number of carboxylic acids is 1. The minimum atomic E-state index is -0.888. The van der Waals surface area contributed by atoms with E-state index in [-0.39, 0.29) is 12.3 Å². The van der Waals surface area contributed by atoms with Crippen molar-refractivity contribution in [2.24, 2.45) is 5.92 Å². The Hall–Kier alpha value is -3.32. The lowest BCUT2D eigenvalue weighted by Crippen LogP contribution is -2.21. The fraction of sp³-hybridized carbons (Fsp3) is 0.407. The summed E-state index contributed by atoms with van der Waals surface area (Å²) in [5.41, 5.74) is 4.35. The van der Waals surface area contributed by atoms with Crippen LogP contribution in [0.4, 0.5) is 0 Å². The SMILES string of the molecule is COc1cc(C(O)[C@H](CCCc2ccccc2)Cn2ncc(CC(=O)O)c2C)cc(OC)c1C. The smallest absolute Gasteiger partial charge is 0.307 e. The lowest BCUT2D eigenvalue weighted by molar-refractivity contribution is -0.136. The number of aliphatic hydroxyl groups is 1. The number of aliphatic hydroxyl groups excluding tert-OH is 1. The molecule has 182 valence electrons. The van der Waals surface area contributed by atoms with Gasteiger partial charge in [0, 0.05) is 29.3 Å². The largest absolute Gasteiger partial charge is 0.496 e. The predicted octanol–water partition coefficient (Wildman–Crippen LogP) is 4.52. The molecule has 0 fully saturated rings. The number of benzene rings is 2. The van der Waals surface area contributed by atoms with E-state index in [4.69, 9.17) is 14.6 Å². The van der Waals surface area contributed by atoms with Gasteiger partial charge in [0.15, 0.2) is 0 Å². The third-order valence-electron chi connectivity index (χ3n) is 6.40. The Morgan fingerprint density at radius 1 is 1.09 bits per heavy atom. The molecule has 34 heavy (non-hydrogen) atoms. The summed E-state index contributed by atoms with van der Waals surface area (Å²) < 4.78 is 12.8. The van der Waals surface area contributed by atoms with E-state index in [1.165, 1.54) is 5.56 Å². The highest BCUT2D eigenvalue weighted by Gasteiger charge is 2.25. The fourth-order valence-corrected chi connectivity index (χ4v) is 4.34. The van der Waals surface area contributed by atoms with Crippen molar-refractivity contribution in [3.63, 3.8) is 0 Å². The molecule has 1 unspecified atom stereocenters. The Morgan fingerprint density at radius 3 is 2.32 bits per heavy atom. The molecule has 1 aromatic heterocycles. The highest BCUT2D eigenvalue weighted by Crippen LogP contribution is 2.36. The summed E-state index contributed by atoms with van der Waals surface area (Å²) in [6.07, 6.45) is 3.34. The van der Waals surface area contributed by atoms with Crippen molar-refractivity contribution in [1.29, 1.82) is 0 Å². The van der Waals surface area contributed by atoms with Gasteiger partial charge in [-0.05, 0) is 56.4 Å². The molecular weight excluding hydrogens is 432 g/mol. The Morgan fingerprint density at radius 2 is 1.74 bits per heavy atom. The van der Waals surface area contributed by atoms with Crippen LogP contribution in [0.1, 0.15) is 46.9 Å². The van der Waals surface area contributed by atoms with Crippen LogP contribution in [0.2, 0.25) is 0 Å². The summed E-state index contributed by atoms with van der Waals surface area (Å²) in [6, 6.07) is 14.0. The molecule has 7 nitrogen and oxygen atoms in total. The number of ether oxygens (including phenoxy) is 2. The molecule has 0 amide bonds. The van der Waals surface area contributed by atoms with E-state index in [0.29, 0.717) is 23.6 Å². The highest BCUT2D eigenvalue weighted by molar-refractivity contribution is 5.70. The molecule has 0 aliphatic heterocycles. The third-order valence-corrected chi connectivity index (χ3v) is 6.40. The van der Waals surface area contributed by atoms with Crippen LogP contribution in [0, 0.1) is 19.8 Å². The van der Waals surface area contributed by atoms with E-state index in [2.05, 4.69) is 17.2 Å². The van der Waals surface area contributed by atoms with Gasteiger partial charge in [-0.2, -0.15) is 5.10 Å². The van der Waals surface area contributed by atoms with Crippen LogP contribution in [0.5, 0.6) is 11.5 Å². The van der Waals surface area contributed by atoms with Gasteiger partial charge in [0.1, 0.15) is 11.5 Å². The monoisotopic (exact) mass is 466 g/mol. The molecule has 3 rings (SSSR count). The Kier molecular flexibility index (Phi) is 8.71. The van der Waals surface area contributed by atoms with Crippen LogP contribution in [-0.4, -0.2) is 40.2 Å². The first kappa shape index (κ1) is 25.3. The minimum Gasteiger partial charge on any atom is -0.496 e. The normalized spacial score (nSPS) is 12.9. The Balaban J connectivity index is 1.86. The molecular formula is C27H34N2O5. The Bertz CT molecular complexity index is 1070. The van der Waals surface area contributed by atoms with Gasteiger partial charge < -0.3 is 19.7 Å². The maximum absolute atomic E-state index is 11.5. The van der Waals surface area contributed by atoms with E-state index in [1.807, 2.05) is 44.2 Å². The predicted molar refractivity (Wildman–Crippen MR) is 130 cm³/mol. The topological polar surface area (TPSA) is 93.8 Å². The lowest BCUT2D eigenvalue weighted by atomic mass is 9.89. The average Bonchev–Trinajstić information content (AvgIpc) is 3.17. The van der Waals surface area contributed by atoms with E-state index < -0.39 is 12.1 Å². The summed E-state index contributed by atoms with van der Waals surface area (Å²) in [5.74, 6) is 0.295. The standard InChI is InChI=1S/C27H34N2O5/c1-18-24(33-3)13-22(14-25(18)34-4)27(32)21(12-8-11-20-9-6-5-7-10-20)17-29-19(2)23(16-28-29)15-26(30)31/h5-7,9-10,13-14,16,21,27,32H,8,11-12,15,17H2,1-4H3,(H,30,31)/t21-,27?/m1/s1. The molecule has 0 aliphatic rings. The molecule has 0 aliphatic carbocycles. The first-order chi connectivity index (χ1) is 16.3. The molecule has 2 N–H and O–H groups in total. The van der Waals surface area contributed by atoms with Gasteiger partial charge in [-0.15, -0.1) is 0 Å². The van der Waals surface area contributed by atoms with Gasteiger partial charge in [0.25, 0.3) is 0 Å². The molecule has 0 radical (unpaired) electrons. The summed E-state index contributed by atoms with van der Waals surface area (Å²) in [5, 5.41) is 25.1. The second-order valence-corrected chi connectivity index (χ2v) is 8.64. The number of carboxylic acid groups (broad SMARTS) is 1. The summed E-state index contributed by atoms with van der Waals surface area (Å²) in [4.78, 5) is 11.2. The quantitative estimate of drug-likeness (QED) is 0.408. The molecule has 2 atom stereocenters. The average molecular weight is 467 g/mol. The second kappa shape index (κ2) is 11.7. The van der Waals surface area contributed by atoms with Gasteiger partial charge in [-0.3, -0.25) is 9.48 Å². The number of aryl methyl sites for hydroxylation is 1. The summed E-state index contributed by atoms with van der Waals surface area (Å²) in [7, 11) is 3.21. The van der Waals surface area contributed by atoms with Crippen LogP contribution < -0.4 is 9.47 Å². The fourth-order valence-electron chi connectivity index (χ4n) is 4.34. The van der Waals surface area contributed by atoms with Crippen molar-refractivity contribution in [2.75, 3.05) is 14.2 Å². The molecule has 2 aromatic carbocycles. The van der Waals surface area contributed by atoms with E-state index in [1.54, 1.807) is 25.1 Å². The van der Waals surface area contributed by atoms with Gasteiger partial charge in [0.05, 0.1) is 32.9 Å². The van der Waals surface area contributed by atoms with Crippen LogP contribution in [-0.2, 0) is 24.2 Å². The summed E-state index contributed by atoms with van der Waals surface area (Å²) >= 11 is 0. The Labute approximate surface area is 201 Å². The second-order valence-electron chi connectivity index (χ2n) is 8.64. The van der Waals surface area contributed by atoms with E-state index in [9.17, 15) is 9.90 Å². The van der Waals surface area contributed by atoms with Crippen molar-refractivity contribution < 1.29 is 24.5 Å². The molecule has 0 bridgehead atoms. The van der Waals surface area contributed by atoms with Crippen LogP contribution in [0.3, 0.4) is 0 Å². The number of hydrogen-bond acceptors (Lipinski definition) is 5. The van der Waals surface area contributed by atoms with Crippen molar-refractivity contribution in [2.45, 2.75) is 52.2 Å². The number of aromatic nitrogens is 2. The van der Waals surface area contributed by atoms with Gasteiger partial charge in [-0.25, -0.2) is 0 Å². The van der Waals surface area contributed by atoms with Crippen LogP contribution in [0.15, 0.2) is 48.7 Å². The van der Waals surface area contributed by atoms with Gasteiger partial charge in [-0.1, -0.05) is 30.3 Å². The molecule has 1 heterocycles. The lowest BCUT2D eigenvalue weighted by Gasteiger charge is -2.25. The zero-order valence-electron chi connectivity index (χ0n) is 20.3. The molecule has 0 saturated carbocycles. The van der Waals surface area contributed by atoms with Gasteiger partial charge in [0.2, 0.25) is 0 Å². The maximum atomic E-state index is 11.5. The zero-order valence-corrected chi connectivity index (χ0v) is 20.3. The van der Waals surface area contributed by atoms with E-state index in [0.717, 1.165) is 36.1 Å². The van der Waals surface area contributed by atoms with Gasteiger partial charge >= 0.3 is 5.97 Å². The number of methoxy groups -OCH3 is 2. The summed E-state index contributed by atoms with van der Waals surface area (Å²) in [6.45, 7) is 4.26. The highest BCUT2D eigenvalue weighted by atomic mass is 16.5. The first-order valence-corrected chi connectivity index (χ1v) is 11.5. The molecule has 0 spiro atoms. The van der Waals surface area contributed by atoms with Crippen LogP contribution in [0.25, 0.3) is 0 Å². The van der Waals surface area contributed by atoms with Crippen molar-refractivity contribution in [3.8, 4) is 11.5 Å². The minimum absolute atomic E-state index is 0.0700. The van der Waals surface area contributed by atoms with Crippen LogP contribution >= 0.6 is 0 Å². The van der Waals surface area contributed by atoms with E-state index >= 15 is 0 Å². The van der Waals surface area contributed by atoms with Crippen molar-refractivity contribution in [3.05, 3.63) is 76.6 Å². The molecule has 7 heteroatoms. The number of nitrogens with zero attached hydrogens (tertiary/aromatic N) is 2. The molecule has 0 saturated heterocycles. The number of aliphatic carboxylic acids is 1. The van der Waals surface area contributed by atoms with Crippen molar-refractivity contribution >= 4 is 5.97 Å². The van der Waals surface area contributed by atoms with Crippen molar-refractivity contribution in [1.82, 2.24) is 9.78 Å². The third kappa shape index (κ3) is 6.17. The number of carbonyl (C=O) groups is 1. The zero-order chi connectivity index (χ0) is 24.7. The first-order valence-electron chi connectivity index (χ1n) is 11.5. The molecule has 3 aromatic rings.